The molecule has 6 heteroatoms. The Labute approximate surface area is 216 Å². The van der Waals surface area contributed by atoms with Gasteiger partial charge in [-0.25, -0.2) is 0 Å². The number of carbonyl (C=O) groups excluding carboxylic acids is 1. The lowest BCUT2D eigenvalue weighted by Crippen LogP contribution is -2.58. The summed E-state index contributed by atoms with van der Waals surface area (Å²) in [7, 11) is 2.18. The van der Waals surface area contributed by atoms with Crippen LogP contribution in [-0.2, 0) is 17.8 Å². The van der Waals surface area contributed by atoms with Crippen LogP contribution in [0.25, 0.3) is 11.1 Å². The van der Waals surface area contributed by atoms with Crippen molar-refractivity contribution in [1.29, 1.82) is 5.26 Å². The van der Waals surface area contributed by atoms with Gasteiger partial charge in [0.2, 0.25) is 5.91 Å². The number of rotatable bonds is 7. The van der Waals surface area contributed by atoms with E-state index in [9.17, 15) is 10.1 Å². The van der Waals surface area contributed by atoms with Gasteiger partial charge in [0.1, 0.15) is 6.04 Å². The topological polar surface area (TPSA) is 85.4 Å². The fourth-order valence-corrected chi connectivity index (χ4v) is 5.17. The largest absolute Gasteiger partial charge is 0.338 e. The molecular formula is C30H41N5O. The molecule has 2 aliphatic rings. The van der Waals surface area contributed by atoms with Crippen molar-refractivity contribution in [3.63, 3.8) is 0 Å². The zero-order chi connectivity index (χ0) is 25.8. The Bertz CT molecular complexity index is 1050. The number of benzene rings is 2. The first-order valence-electron chi connectivity index (χ1n) is 13.2. The van der Waals surface area contributed by atoms with E-state index in [-0.39, 0.29) is 11.3 Å². The summed E-state index contributed by atoms with van der Waals surface area (Å²) < 4.78 is 0. The fraction of sp³-hybridized carbons (Fsp3) is 0.533. The molecule has 1 aliphatic carbocycles. The number of carbonyl (C=O) groups is 1. The predicted octanol–water partition coefficient (Wildman–Crippen LogP) is 3.95. The van der Waals surface area contributed by atoms with Crippen molar-refractivity contribution in [3.05, 3.63) is 59.7 Å². The van der Waals surface area contributed by atoms with Gasteiger partial charge >= 0.3 is 0 Å². The molecule has 4 rings (SSSR count). The van der Waals surface area contributed by atoms with Crippen molar-refractivity contribution >= 4 is 5.91 Å². The van der Waals surface area contributed by atoms with E-state index in [0.29, 0.717) is 19.3 Å². The van der Waals surface area contributed by atoms with Crippen molar-refractivity contribution < 1.29 is 4.79 Å². The summed E-state index contributed by atoms with van der Waals surface area (Å²) in [5.41, 5.74) is 10.5. The van der Waals surface area contributed by atoms with E-state index in [1.54, 1.807) is 0 Å². The van der Waals surface area contributed by atoms with Crippen LogP contribution in [0.4, 0.5) is 0 Å². The summed E-state index contributed by atoms with van der Waals surface area (Å²) in [6.07, 6.45) is 3.63. The number of nitriles is 1. The predicted molar refractivity (Wildman–Crippen MR) is 145 cm³/mol. The van der Waals surface area contributed by atoms with Crippen LogP contribution in [0.15, 0.2) is 48.5 Å². The summed E-state index contributed by atoms with van der Waals surface area (Å²) in [6, 6.07) is 18.7. The fourth-order valence-electron chi connectivity index (χ4n) is 5.17. The van der Waals surface area contributed by atoms with Gasteiger partial charge in [-0.05, 0) is 60.4 Å². The molecule has 1 amide bonds. The molecule has 1 heterocycles. The Morgan fingerprint density at radius 1 is 0.944 bits per heavy atom. The first kappa shape index (κ1) is 26.3. The molecule has 1 saturated heterocycles. The lowest BCUT2D eigenvalue weighted by molar-refractivity contribution is -0.128. The molecule has 36 heavy (non-hydrogen) atoms. The van der Waals surface area contributed by atoms with Gasteiger partial charge in [-0.3, -0.25) is 9.69 Å². The standard InChI is InChI=1S/C30H41N5O/c1-29(2)12-14-30(32,15-13-29)28(36)33-27(21-31)20-23-4-8-25(9-5-23)26-10-6-24(7-11-26)22-35-18-16-34(3)17-19-35/h4-11,27H,12-20,22,32H2,1-3H3,(H,33,36)/t27-/m0/s1. The van der Waals surface area contributed by atoms with Gasteiger partial charge in [0.15, 0.2) is 0 Å². The maximum absolute atomic E-state index is 12.9. The monoisotopic (exact) mass is 487 g/mol. The van der Waals surface area contributed by atoms with Crippen LogP contribution in [0.2, 0.25) is 0 Å². The minimum absolute atomic E-state index is 0.196. The van der Waals surface area contributed by atoms with E-state index in [4.69, 9.17) is 5.73 Å². The van der Waals surface area contributed by atoms with Crippen molar-refractivity contribution in [2.75, 3.05) is 33.2 Å². The highest BCUT2D eigenvalue weighted by Gasteiger charge is 2.41. The second-order valence-electron chi connectivity index (χ2n) is 11.7. The smallest absolute Gasteiger partial charge is 0.241 e. The van der Waals surface area contributed by atoms with Crippen LogP contribution >= 0.6 is 0 Å². The van der Waals surface area contributed by atoms with Crippen molar-refractivity contribution in [2.45, 2.75) is 64.1 Å². The minimum atomic E-state index is -0.870. The van der Waals surface area contributed by atoms with Crippen LogP contribution in [0.1, 0.15) is 50.7 Å². The van der Waals surface area contributed by atoms with E-state index in [1.807, 2.05) is 12.1 Å². The Balaban J connectivity index is 1.31. The zero-order valence-electron chi connectivity index (χ0n) is 22.1. The average molecular weight is 488 g/mol. The first-order valence-corrected chi connectivity index (χ1v) is 13.2. The molecule has 192 valence electrons. The second kappa shape index (κ2) is 11.1. The molecule has 0 radical (unpaired) electrons. The number of nitrogens with one attached hydrogen (secondary N) is 1. The molecule has 2 aromatic rings. The maximum Gasteiger partial charge on any atom is 0.241 e. The second-order valence-corrected chi connectivity index (χ2v) is 11.7. The van der Waals surface area contributed by atoms with Crippen LogP contribution in [0, 0.1) is 16.7 Å². The normalized spacial score (nSPS) is 20.9. The minimum Gasteiger partial charge on any atom is -0.338 e. The summed E-state index contributed by atoms with van der Waals surface area (Å²) in [6.45, 7) is 9.93. The van der Waals surface area contributed by atoms with E-state index in [0.717, 1.165) is 56.7 Å². The third kappa shape index (κ3) is 6.73. The number of nitrogens with two attached hydrogens (primary N) is 1. The molecule has 0 spiro atoms. The van der Waals surface area contributed by atoms with E-state index in [2.05, 4.69) is 78.5 Å². The summed E-state index contributed by atoms with van der Waals surface area (Å²) in [4.78, 5) is 17.8. The molecule has 2 aromatic carbocycles. The third-order valence-electron chi connectivity index (χ3n) is 8.09. The number of hydrogen-bond donors (Lipinski definition) is 2. The van der Waals surface area contributed by atoms with Crippen LogP contribution in [-0.4, -0.2) is 60.5 Å². The Kier molecular flexibility index (Phi) is 8.14. The van der Waals surface area contributed by atoms with Gasteiger partial charge in [0.25, 0.3) is 0 Å². The molecule has 0 aromatic heterocycles. The summed E-state index contributed by atoms with van der Waals surface area (Å²) >= 11 is 0. The zero-order valence-corrected chi connectivity index (χ0v) is 22.1. The molecule has 2 fully saturated rings. The quantitative estimate of drug-likeness (QED) is 0.618. The van der Waals surface area contributed by atoms with Gasteiger partial charge < -0.3 is 16.0 Å². The lowest BCUT2D eigenvalue weighted by Gasteiger charge is -2.40. The maximum atomic E-state index is 12.9. The summed E-state index contributed by atoms with van der Waals surface area (Å²) in [5.74, 6) is -0.196. The third-order valence-corrected chi connectivity index (χ3v) is 8.09. The molecule has 6 nitrogen and oxygen atoms in total. The van der Waals surface area contributed by atoms with Gasteiger partial charge in [0.05, 0.1) is 11.6 Å². The number of amides is 1. The lowest BCUT2D eigenvalue weighted by atomic mass is 9.69. The first-order chi connectivity index (χ1) is 17.2. The van der Waals surface area contributed by atoms with Crippen LogP contribution < -0.4 is 11.1 Å². The molecule has 0 unspecified atom stereocenters. The number of hydrogen-bond acceptors (Lipinski definition) is 5. The molecule has 1 aliphatic heterocycles. The summed E-state index contributed by atoms with van der Waals surface area (Å²) in [5, 5.41) is 12.6. The highest BCUT2D eigenvalue weighted by molar-refractivity contribution is 5.86. The van der Waals surface area contributed by atoms with Crippen LogP contribution in [0.5, 0.6) is 0 Å². The highest BCUT2D eigenvalue weighted by atomic mass is 16.2. The Morgan fingerprint density at radius 2 is 1.47 bits per heavy atom. The van der Waals surface area contributed by atoms with Crippen molar-refractivity contribution in [2.24, 2.45) is 11.1 Å². The number of piperazine rings is 1. The molecule has 1 atom stereocenters. The van der Waals surface area contributed by atoms with Gasteiger partial charge in [0, 0.05) is 39.1 Å². The van der Waals surface area contributed by atoms with Crippen molar-refractivity contribution in [1.82, 2.24) is 15.1 Å². The SMILES string of the molecule is CN1CCN(Cc2ccc(-c3ccc(C[C@@H](C#N)NC(=O)C4(N)CCC(C)(C)CC4)cc3)cc2)CC1. The Morgan fingerprint density at radius 3 is 2.00 bits per heavy atom. The molecule has 0 bridgehead atoms. The van der Waals surface area contributed by atoms with Crippen LogP contribution in [0.3, 0.4) is 0 Å². The average Bonchev–Trinajstić information content (AvgIpc) is 2.88. The van der Waals surface area contributed by atoms with Gasteiger partial charge in [-0.1, -0.05) is 62.4 Å². The molecule has 3 N–H and O–H groups in total. The van der Waals surface area contributed by atoms with E-state index < -0.39 is 11.6 Å². The Hall–Kier alpha value is -2.72. The van der Waals surface area contributed by atoms with E-state index in [1.165, 1.54) is 11.1 Å². The number of nitrogens with zero attached hydrogens (tertiary/aromatic N) is 3. The number of likely N-dealkylation sites (N-methyl/N-ethyl adjacent to an activating group) is 1. The highest BCUT2D eigenvalue weighted by Crippen LogP contribution is 2.39. The molecule has 1 saturated carbocycles. The van der Waals surface area contributed by atoms with Crippen molar-refractivity contribution in [3.8, 4) is 17.2 Å². The van der Waals surface area contributed by atoms with Gasteiger partial charge in [-0.15, -0.1) is 0 Å². The van der Waals surface area contributed by atoms with Gasteiger partial charge in [-0.2, -0.15) is 5.26 Å². The van der Waals surface area contributed by atoms with E-state index >= 15 is 0 Å². The molecular weight excluding hydrogens is 446 g/mol.